The lowest BCUT2D eigenvalue weighted by Crippen LogP contribution is -2.68. The Labute approximate surface area is 141 Å². The van der Waals surface area contributed by atoms with Gasteiger partial charge in [0.1, 0.15) is 11.1 Å². The smallest absolute Gasteiger partial charge is 0.280 e. The molecule has 1 N–H and O–H groups in total. The van der Waals surface area contributed by atoms with Crippen molar-refractivity contribution in [2.75, 3.05) is 51.1 Å². The van der Waals surface area contributed by atoms with Crippen LogP contribution in [0.1, 0.15) is 28.8 Å². The third-order valence-corrected chi connectivity index (χ3v) is 6.89. The monoisotopic (exact) mass is 331 g/mol. The first kappa shape index (κ1) is 15.1. The molecule has 0 spiro atoms. The van der Waals surface area contributed by atoms with Crippen LogP contribution in [-0.2, 0) is 17.6 Å². The van der Waals surface area contributed by atoms with Crippen LogP contribution in [0.15, 0.2) is 0 Å². The van der Waals surface area contributed by atoms with E-state index in [-0.39, 0.29) is 5.91 Å². The van der Waals surface area contributed by atoms with Gasteiger partial charge in [-0.2, -0.15) is 5.26 Å². The van der Waals surface area contributed by atoms with E-state index in [1.54, 1.807) is 11.3 Å². The quantitative estimate of drug-likeness (QED) is 0.856. The molecular weight excluding hydrogens is 308 g/mol. The van der Waals surface area contributed by atoms with Gasteiger partial charge in [-0.25, -0.2) is 0 Å². The van der Waals surface area contributed by atoms with E-state index in [1.165, 1.54) is 16.9 Å². The molecule has 5 rings (SSSR count). The summed E-state index contributed by atoms with van der Waals surface area (Å²) in [6, 6.07) is 2.33. The number of fused-ring (bicyclic) bond motifs is 4. The first-order chi connectivity index (χ1) is 11.2. The van der Waals surface area contributed by atoms with Crippen LogP contribution in [0.25, 0.3) is 0 Å². The standard InChI is InChI=1S/C17H22N4OS/c18-11-14-13-3-1-2-4-15(13)23-17(14)19-16(22)12-21-8-5-20(6-9-21)7-10-21/h1-10,12H2/p+1. The number of nitrogens with zero attached hydrogens (tertiary/aromatic N) is 3. The zero-order valence-corrected chi connectivity index (χ0v) is 14.3. The molecule has 4 aliphatic rings. The number of amides is 1. The Morgan fingerprint density at radius 3 is 2.61 bits per heavy atom. The molecule has 0 atom stereocenters. The van der Waals surface area contributed by atoms with Gasteiger partial charge in [0.15, 0.2) is 6.54 Å². The van der Waals surface area contributed by atoms with Gasteiger partial charge < -0.3 is 9.80 Å². The maximum atomic E-state index is 12.6. The summed E-state index contributed by atoms with van der Waals surface area (Å²) < 4.78 is 0.926. The van der Waals surface area contributed by atoms with Crippen molar-refractivity contribution in [1.82, 2.24) is 4.90 Å². The van der Waals surface area contributed by atoms with Crippen LogP contribution in [0.4, 0.5) is 5.00 Å². The van der Waals surface area contributed by atoms with Crippen LogP contribution < -0.4 is 5.32 Å². The largest absolute Gasteiger partial charge is 0.313 e. The van der Waals surface area contributed by atoms with Crippen LogP contribution in [-0.4, -0.2) is 61.1 Å². The van der Waals surface area contributed by atoms with Crippen LogP contribution >= 0.6 is 11.3 Å². The maximum Gasteiger partial charge on any atom is 0.280 e. The molecule has 3 saturated heterocycles. The molecule has 6 heteroatoms. The van der Waals surface area contributed by atoms with Gasteiger partial charge in [-0.15, -0.1) is 11.3 Å². The molecule has 4 heterocycles. The minimum Gasteiger partial charge on any atom is -0.313 e. The zero-order chi connectivity index (χ0) is 15.9. The number of piperazine rings is 3. The summed E-state index contributed by atoms with van der Waals surface area (Å²) in [5, 5.41) is 13.4. The first-order valence-electron chi connectivity index (χ1n) is 8.61. The van der Waals surface area contributed by atoms with Crippen LogP contribution in [0.5, 0.6) is 0 Å². The van der Waals surface area contributed by atoms with Crippen LogP contribution in [0.3, 0.4) is 0 Å². The summed E-state index contributed by atoms with van der Waals surface area (Å²) in [6.45, 7) is 7.15. The van der Waals surface area contributed by atoms with E-state index in [1.807, 2.05) is 0 Å². The average molecular weight is 331 g/mol. The van der Waals surface area contributed by atoms with E-state index in [4.69, 9.17) is 0 Å². The fourth-order valence-electron chi connectivity index (χ4n) is 4.21. The third-order valence-electron chi connectivity index (χ3n) is 5.69. The molecule has 0 unspecified atom stereocenters. The molecule has 2 bridgehead atoms. The summed E-state index contributed by atoms with van der Waals surface area (Å²) in [7, 11) is 0. The van der Waals surface area contributed by atoms with E-state index < -0.39 is 0 Å². The van der Waals surface area contributed by atoms with Crippen LogP contribution in [0, 0.1) is 11.3 Å². The number of carbonyl (C=O) groups is 1. The predicted octanol–water partition coefficient (Wildman–Crippen LogP) is 1.58. The number of anilines is 1. The van der Waals surface area contributed by atoms with E-state index in [0.717, 1.165) is 73.6 Å². The summed E-state index contributed by atoms with van der Waals surface area (Å²) in [4.78, 5) is 16.4. The van der Waals surface area contributed by atoms with Crippen LogP contribution in [0.2, 0.25) is 0 Å². The molecule has 1 amide bonds. The van der Waals surface area contributed by atoms with E-state index in [9.17, 15) is 10.1 Å². The highest BCUT2D eigenvalue weighted by molar-refractivity contribution is 7.16. The fourth-order valence-corrected chi connectivity index (χ4v) is 5.47. The predicted molar refractivity (Wildman–Crippen MR) is 90.5 cm³/mol. The maximum absolute atomic E-state index is 12.6. The summed E-state index contributed by atoms with van der Waals surface area (Å²) >= 11 is 1.62. The van der Waals surface area contributed by atoms with Crippen molar-refractivity contribution < 1.29 is 9.28 Å². The highest BCUT2D eigenvalue weighted by atomic mass is 32.1. The Kier molecular flexibility index (Phi) is 3.88. The molecule has 0 radical (unpaired) electrons. The number of quaternary nitrogens is 1. The highest BCUT2D eigenvalue weighted by Crippen LogP contribution is 2.37. The second-order valence-corrected chi connectivity index (χ2v) is 8.19. The molecule has 23 heavy (non-hydrogen) atoms. The SMILES string of the molecule is N#Cc1c(NC(=O)C[N+]23CCN(CC2)CC3)sc2c1CCCC2. The van der Waals surface area contributed by atoms with Crippen molar-refractivity contribution in [3.8, 4) is 6.07 Å². The molecule has 1 aliphatic carbocycles. The molecule has 3 aliphatic heterocycles. The lowest BCUT2D eigenvalue weighted by molar-refractivity contribution is -0.933. The third kappa shape index (κ3) is 2.78. The highest BCUT2D eigenvalue weighted by Gasteiger charge is 2.40. The van der Waals surface area contributed by atoms with Crippen molar-refractivity contribution in [3.63, 3.8) is 0 Å². The first-order valence-corrected chi connectivity index (χ1v) is 9.43. The second kappa shape index (κ2) is 5.90. The Morgan fingerprint density at radius 1 is 1.22 bits per heavy atom. The fraction of sp³-hybridized carbons (Fsp3) is 0.647. The number of nitriles is 1. The number of aryl methyl sites for hydroxylation is 1. The zero-order valence-electron chi connectivity index (χ0n) is 13.4. The van der Waals surface area contributed by atoms with Gasteiger partial charge in [-0.1, -0.05) is 0 Å². The molecule has 3 fully saturated rings. The van der Waals surface area contributed by atoms with Gasteiger partial charge in [-0.05, 0) is 31.2 Å². The number of thiophene rings is 1. The molecular formula is C17H23N4OS+. The molecule has 1 aromatic heterocycles. The van der Waals surface area contributed by atoms with E-state index in [2.05, 4.69) is 16.3 Å². The molecule has 5 nitrogen and oxygen atoms in total. The van der Waals surface area contributed by atoms with E-state index >= 15 is 0 Å². The molecule has 122 valence electrons. The minimum absolute atomic E-state index is 0.0791. The normalized spacial score (nSPS) is 28.9. The summed E-state index contributed by atoms with van der Waals surface area (Å²) in [6.07, 6.45) is 4.39. The Bertz CT molecular complexity index is 653. The molecule has 0 aromatic carbocycles. The Hall–Kier alpha value is -1.42. The van der Waals surface area contributed by atoms with Crippen molar-refractivity contribution in [2.24, 2.45) is 0 Å². The van der Waals surface area contributed by atoms with E-state index in [0.29, 0.717) is 6.54 Å². The van der Waals surface area contributed by atoms with Crippen molar-refractivity contribution in [2.45, 2.75) is 25.7 Å². The van der Waals surface area contributed by atoms with Crippen molar-refractivity contribution >= 4 is 22.2 Å². The minimum atomic E-state index is 0.0791. The average Bonchev–Trinajstić information content (AvgIpc) is 2.92. The van der Waals surface area contributed by atoms with Gasteiger partial charge in [0.25, 0.3) is 5.91 Å². The lowest BCUT2D eigenvalue weighted by Gasteiger charge is -2.50. The number of carbonyl (C=O) groups excluding carboxylic acids is 1. The number of hydrogen-bond acceptors (Lipinski definition) is 4. The van der Waals surface area contributed by atoms with Crippen molar-refractivity contribution in [3.05, 3.63) is 16.0 Å². The number of hydrogen-bond donors (Lipinski definition) is 1. The molecule has 1 aromatic rings. The van der Waals surface area contributed by atoms with Crippen molar-refractivity contribution in [1.29, 1.82) is 5.26 Å². The summed E-state index contributed by atoms with van der Waals surface area (Å²) in [5.74, 6) is 0.0791. The molecule has 0 saturated carbocycles. The lowest BCUT2D eigenvalue weighted by atomic mass is 9.96. The van der Waals surface area contributed by atoms with Gasteiger partial charge >= 0.3 is 0 Å². The Balaban J connectivity index is 1.49. The summed E-state index contributed by atoms with van der Waals surface area (Å²) in [5.41, 5.74) is 1.92. The topological polar surface area (TPSA) is 56.1 Å². The number of nitrogens with one attached hydrogen (secondary N) is 1. The van der Waals surface area contributed by atoms with Gasteiger partial charge in [0.2, 0.25) is 0 Å². The van der Waals surface area contributed by atoms with Gasteiger partial charge in [0.05, 0.1) is 25.2 Å². The number of rotatable bonds is 3. The Morgan fingerprint density at radius 2 is 1.91 bits per heavy atom. The van der Waals surface area contributed by atoms with Gasteiger partial charge in [0, 0.05) is 24.5 Å². The second-order valence-electron chi connectivity index (χ2n) is 7.09. The van der Waals surface area contributed by atoms with Gasteiger partial charge in [-0.3, -0.25) is 9.69 Å².